The van der Waals surface area contributed by atoms with Gasteiger partial charge < -0.3 is 4.84 Å². The maximum atomic E-state index is 5.17. The Morgan fingerprint density at radius 1 is 1.75 bits per heavy atom. The highest BCUT2D eigenvalue weighted by atomic mass is 35.5. The van der Waals surface area contributed by atoms with Crippen LogP contribution in [-0.2, 0) is 4.84 Å². The predicted octanol–water partition coefficient (Wildman–Crippen LogP) is 1.76. The molecule has 46 valence electrons. The number of hydrogen-bond acceptors (Lipinski definition) is 2. The van der Waals surface area contributed by atoms with Crippen LogP contribution in [0.2, 0.25) is 0 Å². The molecule has 0 spiro atoms. The minimum atomic E-state index is 0.438. The van der Waals surface area contributed by atoms with Crippen molar-refractivity contribution < 1.29 is 4.84 Å². The zero-order valence-corrected chi connectivity index (χ0v) is 5.43. The fourth-order valence-corrected chi connectivity index (χ4v) is 0.270. The van der Waals surface area contributed by atoms with Gasteiger partial charge in [-0.1, -0.05) is 16.8 Å². The number of halogens is 1. The first-order chi connectivity index (χ1) is 3.91. The Morgan fingerprint density at radius 2 is 2.50 bits per heavy atom. The monoisotopic (exact) mass is 133 g/mol. The van der Waals surface area contributed by atoms with Crippen molar-refractivity contribution in [3.8, 4) is 0 Å². The van der Waals surface area contributed by atoms with Gasteiger partial charge >= 0.3 is 0 Å². The molecule has 0 atom stereocenters. The van der Waals surface area contributed by atoms with Gasteiger partial charge in [0.25, 0.3) is 0 Å². The van der Waals surface area contributed by atoms with Crippen molar-refractivity contribution in [1.82, 2.24) is 0 Å². The lowest BCUT2D eigenvalue weighted by Crippen LogP contribution is -1.79. The molecule has 0 saturated heterocycles. The van der Waals surface area contributed by atoms with Crippen molar-refractivity contribution in [3.05, 3.63) is 11.6 Å². The molecule has 0 heterocycles. The van der Waals surface area contributed by atoms with E-state index in [4.69, 9.17) is 11.6 Å². The van der Waals surface area contributed by atoms with Crippen LogP contribution >= 0.6 is 11.6 Å². The Bertz CT molecular complexity index is 78.4. The maximum absolute atomic E-state index is 5.17. The molecule has 2 nitrogen and oxygen atoms in total. The normalized spacial score (nSPS) is 11.2. The Labute approximate surface area is 53.8 Å². The van der Waals surface area contributed by atoms with Crippen molar-refractivity contribution in [3.63, 3.8) is 0 Å². The smallest absolute Gasteiger partial charge is 0.136 e. The first-order valence-electron chi connectivity index (χ1n) is 2.27. The summed E-state index contributed by atoms with van der Waals surface area (Å²) in [6, 6.07) is 0. The zero-order valence-electron chi connectivity index (χ0n) is 4.67. The van der Waals surface area contributed by atoms with Crippen LogP contribution < -0.4 is 0 Å². The maximum Gasteiger partial charge on any atom is 0.136 e. The predicted molar refractivity (Wildman–Crippen MR) is 35.1 cm³/mol. The van der Waals surface area contributed by atoms with Gasteiger partial charge in [-0.3, -0.25) is 0 Å². The lowest BCUT2D eigenvalue weighted by atomic mass is 10.7. The molecule has 3 heteroatoms. The van der Waals surface area contributed by atoms with Crippen molar-refractivity contribution in [2.75, 3.05) is 6.61 Å². The van der Waals surface area contributed by atoms with Gasteiger partial charge in [-0.15, -0.1) is 0 Å². The van der Waals surface area contributed by atoms with Crippen LogP contribution in [0.25, 0.3) is 0 Å². The van der Waals surface area contributed by atoms with Gasteiger partial charge in [0.1, 0.15) is 6.61 Å². The minimum Gasteiger partial charge on any atom is -0.392 e. The largest absolute Gasteiger partial charge is 0.392 e. The van der Waals surface area contributed by atoms with E-state index in [0.717, 1.165) is 0 Å². The molecule has 8 heavy (non-hydrogen) atoms. The first kappa shape index (κ1) is 7.50. The molecule has 0 aromatic carbocycles. The highest BCUT2D eigenvalue weighted by molar-refractivity contribution is 6.25. The van der Waals surface area contributed by atoms with E-state index >= 15 is 0 Å². The fraction of sp³-hybridized carbons (Fsp3) is 0.400. The molecule has 0 unspecified atom stereocenters. The second-order valence-electron chi connectivity index (χ2n) is 1.02. The van der Waals surface area contributed by atoms with E-state index in [0.29, 0.717) is 6.61 Å². The molecule has 0 amide bonds. The average molecular weight is 134 g/mol. The summed E-state index contributed by atoms with van der Waals surface area (Å²) in [5.41, 5.74) is 1.39. The van der Waals surface area contributed by atoms with Gasteiger partial charge in [0.05, 0.1) is 0 Å². The minimum absolute atomic E-state index is 0.438. The van der Waals surface area contributed by atoms with E-state index in [1.54, 1.807) is 19.2 Å². The SMILES string of the molecule is CC=NOCC=CCl. The molecular weight excluding hydrogens is 126 g/mol. The lowest BCUT2D eigenvalue weighted by Gasteiger charge is -1.87. The van der Waals surface area contributed by atoms with Gasteiger partial charge in [-0.2, -0.15) is 0 Å². The molecular formula is C5H8ClNO. The lowest BCUT2D eigenvalue weighted by molar-refractivity contribution is 0.176. The Morgan fingerprint density at radius 3 is 3.00 bits per heavy atom. The van der Waals surface area contributed by atoms with Crippen LogP contribution in [-0.4, -0.2) is 12.8 Å². The zero-order chi connectivity index (χ0) is 6.24. The number of hydrogen-bond donors (Lipinski definition) is 0. The van der Waals surface area contributed by atoms with Crippen molar-refractivity contribution >= 4 is 17.8 Å². The van der Waals surface area contributed by atoms with Gasteiger partial charge in [0.15, 0.2) is 0 Å². The summed E-state index contributed by atoms with van der Waals surface area (Å²) in [5.74, 6) is 0. The summed E-state index contributed by atoms with van der Waals surface area (Å²) in [6.45, 7) is 2.22. The summed E-state index contributed by atoms with van der Waals surface area (Å²) in [5, 5.41) is 3.47. The summed E-state index contributed by atoms with van der Waals surface area (Å²) in [7, 11) is 0. The quantitative estimate of drug-likeness (QED) is 0.327. The van der Waals surface area contributed by atoms with Crippen LogP contribution in [0.4, 0.5) is 0 Å². The van der Waals surface area contributed by atoms with Crippen LogP contribution in [0.5, 0.6) is 0 Å². The third-order valence-corrected chi connectivity index (χ3v) is 0.618. The van der Waals surface area contributed by atoms with E-state index in [2.05, 4.69) is 9.99 Å². The number of rotatable bonds is 3. The highest BCUT2D eigenvalue weighted by Crippen LogP contribution is 1.79. The molecule has 0 radical (unpaired) electrons. The standard InChI is InChI=1S/C5H8ClNO/c1-2-7-8-5-3-4-6/h2-4H,5H2,1H3. The molecule has 0 rings (SSSR count). The summed E-state index contributed by atoms with van der Waals surface area (Å²) >= 11 is 5.17. The van der Waals surface area contributed by atoms with Crippen molar-refractivity contribution in [2.45, 2.75) is 6.92 Å². The fourth-order valence-electron chi connectivity index (χ4n) is 0.197. The topological polar surface area (TPSA) is 21.6 Å². The summed E-state index contributed by atoms with van der Waals surface area (Å²) in [6.07, 6.45) is 3.23. The highest BCUT2D eigenvalue weighted by Gasteiger charge is 1.69. The Kier molecular flexibility index (Phi) is 6.09. The molecule has 0 aliphatic rings. The van der Waals surface area contributed by atoms with Gasteiger partial charge in [0.2, 0.25) is 0 Å². The van der Waals surface area contributed by atoms with Crippen LogP contribution in [0.15, 0.2) is 16.8 Å². The second-order valence-corrected chi connectivity index (χ2v) is 1.27. The van der Waals surface area contributed by atoms with Gasteiger partial charge in [0, 0.05) is 11.7 Å². The number of nitrogens with zero attached hydrogens (tertiary/aromatic N) is 1. The Balaban J connectivity index is 2.93. The van der Waals surface area contributed by atoms with Gasteiger partial charge in [-0.05, 0) is 13.0 Å². The molecule has 0 saturated carbocycles. The number of oxime groups is 1. The van der Waals surface area contributed by atoms with Crippen LogP contribution in [0.3, 0.4) is 0 Å². The molecule has 0 fully saturated rings. The van der Waals surface area contributed by atoms with Crippen LogP contribution in [0.1, 0.15) is 6.92 Å². The van der Waals surface area contributed by atoms with E-state index < -0.39 is 0 Å². The third kappa shape index (κ3) is 5.50. The van der Waals surface area contributed by atoms with E-state index in [9.17, 15) is 0 Å². The summed E-state index contributed by atoms with van der Waals surface area (Å²) in [4.78, 5) is 4.62. The molecule has 0 aromatic heterocycles. The molecule has 0 N–H and O–H groups in total. The first-order valence-corrected chi connectivity index (χ1v) is 2.70. The summed E-state index contributed by atoms with van der Waals surface area (Å²) < 4.78 is 0. The Hall–Kier alpha value is -0.500. The third-order valence-electron chi connectivity index (χ3n) is 0.440. The van der Waals surface area contributed by atoms with Crippen molar-refractivity contribution in [1.29, 1.82) is 0 Å². The molecule has 0 aromatic rings. The van der Waals surface area contributed by atoms with Crippen LogP contribution in [0, 0.1) is 0 Å². The van der Waals surface area contributed by atoms with E-state index in [1.807, 2.05) is 0 Å². The van der Waals surface area contributed by atoms with E-state index in [1.165, 1.54) is 5.54 Å². The van der Waals surface area contributed by atoms with Crippen molar-refractivity contribution in [2.24, 2.45) is 5.16 Å². The van der Waals surface area contributed by atoms with Gasteiger partial charge in [-0.25, -0.2) is 0 Å². The molecule has 0 aliphatic heterocycles. The second kappa shape index (κ2) is 6.50. The molecule has 0 bridgehead atoms. The molecule has 0 aliphatic carbocycles. The van der Waals surface area contributed by atoms with E-state index in [-0.39, 0.29) is 0 Å². The average Bonchev–Trinajstić information content (AvgIpc) is 1.81.